The molecular formula is C17H14O4. The van der Waals surface area contributed by atoms with Gasteiger partial charge in [-0.2, -0.15) is 0 Å². The molecule has 0 heterocycles. The molecule has 2 aromatic carbocycles. The van der Waals surface area contributed by atoms with E-state index in [4.69, 9.17) is 5.11 Å². The molecule has 0 aliphatic rings. The number of carbonyl (C=O) groups is 3. The van der Waals surface area contributed by atoms with Gasteiger partial charge in [0.15, 0.2) is 0 Å². The largest absolute Gasteiger partial charge is 0.481 e. The highest BCUT2D eigenvalue weighted by Gasteiger charge is 2.19. The zero-order valence-corrected chi connectivity index (χ0v) is 11.4. The summed E-state index contributed by atoms with van der Waals surface area (Å²) in [6, 6.07) is 14.4. The quantitative estimate of drug-likeness (QED) is 0.676. The second-order valence-corrected chi connectivity index (χ2v) is 4.71. The van der Waals surface area contributed by atoms with Gasteiger partial charge in [-0.3, -0.25) is 14.4 Å². The summed E-state index contributed by atoms with van der Waals surface area (Å²) in [6.45, 7) is 1.56. The van der Waals surface area contributed by atoms with Crippen LogP contribution < -0.4 is 0 Å². The average Bonchev–Trinajstić information content (AvgIpc) is 2.53. The molecule has 0 amide bonds. The fraction of sp³-hybridized carbons (Fsp3) is 0.118. The van der Waals surface area contributed by atoms with Gasteiger partial charge in [0.2, 0.25) is 11.6 Å². The van der Waals surface area contributed by atoms with Crippen molar-refractivity contribution >= 4 is 17.5 Å². The molecule has 0 saturated heterocycles. The van der Waals surface area contributed by atoms with E-state index in [1.165, 1.54) is 12.1 Å². The van der Waals surface area contributed by atoms with E-state index in [-0.39, 0.29) is 5.56 Å². The first kappa shape index (κ1) is 14.7. The molecule has 4 nitrogen and oxygen atoms in total. The van der Waals surface area contributed by atoms with Gasteiger partial charge in [-0.1, -0.05) is 54.6 Å². The highest BCUT2D eigenvalue weighted by Crippen LogP contribution is 2.17. The van der Waals surface area contributed by atoms with Crippen LogP contribution in [0.5, 0.6) is 0 Å². The minimum absolute atomic E-state index is 0.255. The van der Waals surface area contributed by atoms with Crippen molar-refractivity contribution in [2.45, 2.75) is 12.8 Å². The molecule has 0 spiro atoms. The molecule has 0 aliphatic carbocycles. The van der Waals surface area contributed by atoms with Crippen LogP contribution in [0, 0.1) is 0 Å². The first-order valence-corrected chi connectivity index (χ1v) is 6.47. The number of hydrogen-bond acceptors (Lipinski definition) is 3. The Kier molecular flexibility index (Phi) is 4.28. The fourth-order valence-electron chi connectivity index (χ4n) is 1.92. The van der Waals surface area contributed by atoms with E-state index in [1.54, 1.807) is 49.4 Å². The van der Waals surface area contributed by atoms with Crippen molar-refractivity contribution in [3.8, 4) is 0 Å². The van der Waals surface area contributed by atoms with Crippen LogP contribution in [0.3, 0.4) is 0 Å². The standard InChI is InChI=1S/C17H14O4/c1-11(17(20)21)12-7-9-14(10-8-12)16(19)15(18)13-5-3-2-4-6-13/h2-11H,1H3,(H,20,21). The fourth-order valence-corrected chi connectivity index (χ4v) is 1.92. The monoisotopic (exact) mass is 282 g/mol. The SMILES string of the molecule is CC(C(=O)O)c1ccc(C(=O)C(=O)c2ccccc2)cc1. The van der Waals surface area contributed by atoms with Gasteiger partial charge < -0.3 is 5.11 Å². The topological polar surface area (TPSA) is 71.4 Å². The number of Topliss-reactive ketones (excluding diaryl/α,β-unsaturated/α-hetero) is 2. The van der Waals surface area contributed by atoms with Crippen LogP contribution in [0.2, 0.25) is 0 Å². The van der Waals surface area contributed by atoms with Crippen LogP contribution in [0.4, 0.5) is 0 Å². The van der Waals surface area contributed by atoms with E-state index in [2.05, 4.69) is 0 Å². The molecular weight excluding hydrogens is 268 g/mol. The summed E-state index contributed by atoms with van der Waals surface area (Å²) in [7, 11) is 0. The summed E-state index contributed by atoms with van der Waals surface area (Å²) in [5.74, 6) is -2.77. The number of carboxylic acids is 1. The van der Waals surface area contributed by atoms with Crippen LogP contribution in [-0.4, -0.2) is 22.6 Å². The van der Waals surface area contributed by atoms with Crippen LogP contribution >= 0.6 is 0 Å². The number of ketones is 2. The minimum atomic E-state index is -0.936. The zero-order valence-electron chi connectivity index (χ0n) is 11.4. The molecule has 21 heavy (non-hydrogen) atoms. The van der Waals surface area contributed by atoms with Gasteiger partial charge in [-0.25, -0.2) is 0 Å². The Morgan fingerprint density at radius 1 is 0.810 bits per heavy atom. The number of rotatable bonds is 5. The summed E-state index contributed by atoms with van der Waals surface area (Å²) in [4.78, 5) is 35.0. The first-order valence-electron chi connectivity index (χ1n) is 6.47. The molecule has 0 aromatic heterocycles. The second-order valence-electron chi connectivity index (χ2n) is 4.71. The van der Waals surface area contributed by atoms with Gasteiger partial charge >= 0.3 is 5.97 Å². The van der Waals surface area contributed by atoms with E-state index in [0.29, 0.717) is 11.1 Å². The molecule has 106 valence electrons. The number of hydrogen-bond donors (Lipinski definition) is 1. The number of aliphatic carboxylic acids is 1. The third kappa shape index (κ3) is 3.23. The van der Waals surface area contributed by atoms with E-state index in [0.717, 1.165) is 0 Å². The van der Waals surface area contributed by atoms with Gasteiger partial charge in [0.25, 0.3) is 0 Å². The van der Waals surface area contributed by atoms with Crippen molar-refractivity contribution < 1.29 is 19.5 Å². The molecule has 0 saturated carbocycles. The summed E-state index contributed by atoms with van der Waals surface area (Å²) >= 11 is 0. The van der Waals surface area contributed by atoms with Crippen LogP contribution in [-0.2, 0) is 4.79 Å². The maximum atomic E-state index is 12.1. The van der Waals surface area contributed by atoms with Crippen molar-refractivity contribution in [3.63, 3.8) is 0 Å². The summed E-state index contributed by atoms with van der Waals surface area (Å²) < 4.78 is 0. The Balaban J connectivity index is 2.21. The maximum Gasteiger partial charge on any atom is 0.310 e. The molecule has 0 bridgehead atoms. The summed E-state index contributed by atoms with van der Waals surface area (Å²) in [5.41, 5.74) is 1.18. The summed E-state index contributed by atoms with van der Waals surface area (Å²) in [6.07, 6.45) is 0. The predicted molar refractivity (Wildman–Crippen MR) is 77.6 cm³/mol. The molecule has 4 heteroatoms. The van der Waals surface area contributed by atoms with Crippen molar-refractivity contribution in [3.05, 3.63) is 71.3 Å². The highest BCUT2D eigenvalue weighted by atomic mass is 16.4. The second kappa shape index (κ2) is 6.13. The van der Waals surface area contributed by atoms with Gasteiger partial charge in [0.1, 0.15) is 0 Å². The lowest BCUT2D eigenvalue weighted by Gasteiger charge is -2.07. The van der Waals surface area contributed by atoms with Gasteiger partial charge in [0, 0.05) is 11.1 Å². The molecule has 1 unspecified atom stereocenters. The van der Waals surface area contributed by atoms with Gasteiger partial charge in [0.05, 0.1) is 5.92 Å². The van der Waals surface area contributed by atoms with Crippen LogP contribution in [0.25, 0.3) is 0 Å². The number of benzene rings is 2. The number of carbonyl (C=O) groups excluding carboxylic acids is 2. The van der Waals surface area contributed by atoms with Crippen LogP contribution in [0.15, 0.2) is 54.6 Å². The van der Waals surface area contributed by atoms with Crippen molar-refractivity contribution in [2.75, 3.05) is 0 Å². The Morgan fingerprint density at radius 2 is 1.29 bits per heavy atom. The highest BCUT2D eigenvalue weighted by molar-refractivity contribution is 6.49. The Morgan fingerprint density at radius 3 is 1.76 bits per heavy atom. The molecule has 0 radical (unpaired) electrons. The number of carboxylic acid groups (broad SMARTS) is 1. The van der Waals surface area contributed by atoms with Gasteiger partial charge in [-0.15, -0.1) is 0 Å². The average molecular weight is 282 g/mol. The van der Waals surface area contributed by atoms with Crippen molar-refractivity contribution in [1.82, 2.24) is 0 Å². The Labute approximate surface area is 122 Å². The van der Waals surface area contributed by atoms with Crippen molar-refractivity contribution in [1.29, 1.82) is 0 Å². The predicted octanol–water partition coefficient (Wildman–Crippen LogP) is 2.94. The van der Waals surface area contributed by atoms with E-state index < -0.39 is 23.5 Å². The Hall–Kier alpha value is -2.75. The van der Waals surface area contributed by atoms with Crippen LogP contribution in [0.1, 0.15) is 39.1 Å². The molecule has 1 N–H and O–H groups in total. The van der Waals surface area contributed by atoms with E-state index in [1.807, 2.05) is 0 Å². The van der Waals surface area contributed by atoms with E-state index >= 15 is 0 Å². The minimum Gasteiger partial charge on any atom is -0.481 e. The third-order valence-corrected chi connectivity index (χ3v) is 3.29. The smallest absolute Gasteiger partial charge is 0.310 e. The molecule has 1 atom stereocenters. The summed E-state index contributed by atoms with van der Waals surface area (Å²) in [5, 5.41) is 8.93. The Bertz CT molecular complexity index is 672. The van der Waals surface area contributed by atoms with E-state index in [9.17, 15) is 14.4 Å². The third-order valence-electron chi connectivity index (χ3n) is 3.29. The normalized spacial score (nSPS) is 11.7. The maximum absolute atomic E-state index is 12.1. The molecule has 2 aromatic rings. The zero-order chi connectivity index (χ0) is 15.4. The van der Waals surface area contributed by atoms with Gasteiger partial charge in [-0.05, 0) is 12.5 Å². The lowest BCUT2D eigenvalue weighted by molar-refractivity contribution is -0.138. The lowest BCUT2D eigenvalue weighted by atomic mass is 9.97. The first-order chi connectivity index (χ1) is 10.0. The molecule has 0 aliphatic heterocycles. The molecule has 2 rings (SSSR count). The lowest BCUT2D eigenvalue weighted by Crippen LogP contribution is -2.14. The van der Waals surface area contributed by atoms with Crippen molar-refractivity contribution in [2.24, 2.45) is 0 Å². The molecule has 0 fully saturated rings.